The summed E-state index contributed by atoms with van der Waals surface area (Å²) in [6, 6.07) is 7.67. The van der Waals surface area contributed by atoms with Gasteiger partial charge in [-0.25, -0.2) is 0 Å². The Kier molecular flexibility index (Phi) is 3.58. The Bertz CT molecular complexity index is 387. The molecule has 0 amide bonds. The van der Waals surface area contributed by atoms with E-state index in [9.17, 15) is 0 Å². The maximum Gasteiger partial charge on any atom is 0.0323 e. The molecular formula is C16H25N. The van der Waals surface area contributed by atoms with E-state index in [1.54, 1.807) is 11.1 Å². The quantitative estimate of drug-likeness (QED) is 0.812. The van der Waals surface area contributed by atoms with Crippen LogP contribution < -0.4 is 5.32 Å². The second kappa shape index (κ2) is 4.81. The molecule has 1 heterocycles. The molecule has 0 radical (unpaired) electrons. The van der Waals surface area contributed by atoms with E-state index < -0.39 is 0 Å². The number of benzene rings is 1. The molecule has 1 heteroatoms. The van der Waals surface area contributed by atoms with E-state index in [4.69, 9.17) is 0 Å². The van der Waals surface area contributed by atoms with E-state index in [2.05, 4.69) is 51.2 Å². The lowest BCUT2D eigenvalue weighted by atomic mass is 9.82. The molecule has 0 fully saturated rings. The van der Waals surface area contributed by atoms with Crippen LogP contribution in [0.2, 0.25) is 0 Å². The molecule has 1 aliphatic rings. The molecule has 0 bridgehead atoms. The van der Waals surface area contributed by atoms with Crippen LogP contribution in [-0.4, -0.2) is 6.54 Å². The van der Waals surface area contributed by atoms with Crippen molar-refractivity contribution in [1.82, 2.24) is 5.32 Å². The summed E-state index contributed by atoms with van der Waals surface area (Å²) in [6.45, 7) is 10.3. The van der Waals surface area contributed by atoms with Crippen molar-refractivity contribution in [3.05, 3.63) is 34.9 Å². The summed E-state index contributed by atoms with van der Waals surface area (Å²) in [5.74, 6) is 0. The Balaban J connectivity index is 2.37. The Morgan fingerprint density at radius 3 is 2.71 bits per heavy atom. The van der Waals surface area contributed by atoms with Gasteiger partial charge in [0.05, 0.1) is 0 Å². The molecule has 1 nitrogen and oxygen atoms in total. The average molecular weight is 231 g/mol. The van der Waals surface area contributed by atoms with Crippen molar-refractivity contribution in [2.75, 3.05) is 6.54 Å². The van der Waals surface area contributed by atoms with Crippen LogP contribution in [0.5, 0.6) is 0 Å². The molecule has 0 aromatic heterocycles. The van der Waals surface area contributed by atoms with Gasteiger partial charge in [0, 0.05) is 6.04 Å². The number of rotatable bonds is 2. The number of nitrogens with one attached hydrogen (secondary N) is 1. The highest BCUT2D eigenvalue weighted by molar-refractivity contribution is 5.38. The van der Waals surface area contributed by atoms with Gasteiger partial charge in [0.15, 0.2) is 0 Å². The van der Waals surface area contributed by atoms with Crippen LogP contribution in [0.4, 0.5) is 0 Å². The zero-order valence-electron chi connectivity index (χ0n) is 11.6. The average Bonchev–Trinajstić information content (AvgIpc) is 2.28. The van der Waals surface area contributed by atoms with Crippen LogP contribution in [0, 0.1) is 0 Å². The lowest BCUT2D eigenvalue weighted by Gasteiger charge is -2.29. The predicted molar refractivity (Wildman–Crippen MR) is 74.5 cm³/mol. The Hall–Kier alpha value is -0.820. The van der Waals surface area contributed by atoms with E-state index in [1.165, 1.54) is 24.8 Å². The van der Waals surface area contributed by atoms with Crippen LogP contribution in [0.3, 0.4) is 0 Å². The molecule has 1 atom stereocenters. The molecule has 2 rings (SSSR count). The molecule has 0 saturated heterocycles. The summed E-state index contributed by atoms with van der Waals surface area (Å²) in [4.78, 5) is 0. The van der Waals surface area contributed by atoms with E-state index >= 15 is 0 Å². The van der Waals surface area contributed by atoms with Crippen LogP contribution >= 0.6 is 0 Å². The molecule has 0 spiro atoms. The number of hydrogen-bond donors (Lipinski definition) is 1. The monoisotopic (exact) mass is 231 g/mol. The summed E-state index contributed by atoms with van der Waals surface area (Å²) in [6.07, 6.45) is 3.68. The highest BCUT2D eigenvalue weighted by Crippen LogP contribution is 2.31. The summed E-state index contributed by atoms with van der Waals surface area (Å²) in [5.41, 5.74) is 4.81. The van der Waals surface area contributed by atoms with Crippen LogP contribution in [0.15, 0.2) is 18.2 Å². The third kappa shape index (κ3) is 2.71. The van der Waals surface area contributed by atoms with Crippen molar-refractivity contribution in [1.29, 1.82) is 0 Å². The molecular weight excluding hydrogens is 206 g/mol. The Morgan fingerprint density at radius 1 is 1.29 bits per heavy atom. The van der Waals surface area contributed by atoms with E-state index in [-0.39, 0.29) is 5.41 Å². The van der Waals surface area contributed by atoms with Gasteiger partial charge in [-0.3, -0.25) is 0 Å². The Labute approximate surface area is 106 Å². The lowest BCUT2D eigenvalue weighted by molar-refractivity contribution is 0.468. The van der Waals surface area contributed by atoms with E-state index in [0.717, 1.165) is 6.54 Å². The van der Waals surface area contributed by atoms with Crippen molar-refractivity contribution >= 4 is 0 Å². The SMILES string of the molecule is CCCC1NCCc2ccc(C(C)(C)C)cc21. The minimum Gasteiger partial charge on any atom is -0.310 e. The minimum absolute atomic E-state index is 0.253. The van der Waals surface area contributed by atoms with Gasteiger partial charge in [0.25, 0.3) is 0 Å². The fraction of sp³-hybridized carbons (Fsp3) is 0.625. The summed E-state index contributed by atoms with van der Waals surface area (Å²) >= 11 is 0. The molecule has 1 aliphatic heterocycles. The standard InChI is InChI=1S/C16H25N/c1-5-6-15-14-11-13(16(2,3)4)8-7-12(14)9-10-17-15/h7-8,11,15,17H,5-6,9-10H2,1-4H3. The van der Waals surface area contributed by atoms with Crippen molar-refractivity contribution < 1.29 is 0 Å². The topological polar surface area (TPSA) is 12.0 Å². The first-order chi connectivity index (χ1) is 8.02. The van der Waals surface area contributed by atoms with Crippen molar-refractivity contribution in [2.24, 2.45) is 0 Å². The minimum atomic E-state index is 0.253. The molecule has 1 aromatic rings. The van der Waals surface area contributed by atoms with Crippen LogP contribution in [0.25, 0.3) is 0 Å². The molecule has 17 heavy (non-hydrogen) atoms. The maximum absolute atomic E-state index is 3.65. The van der Waals surface area contributed by atoms with E-state index in [0.29, 0.717) is 6.04 Å². The van der Waals surface area contributed by atoms with Crippen molar-refractivity contribution in [3.8, 4) is 0 Å². The highest BCUT2D eigenvalue weighted by atomic mass is 14.9. The molecule has 1 N–H and O–H groups in total. The van der Waals surface area contributed by atoms with Gasteiger partial charge in [0.2, 0.25) is 0 Å². The smallest absolute Gasteiger partial charge is 0.0323 e. The lowest BCUT2D eigenvalue weighted by Crippen LogP contribution is -2.30. The second-order valence-electron chi connectivity index (χ2n) is 6.21. The van der Waals surface area contributed by atoms with Gasteiger partial charge in [-0.2, -0.15) is 0 Å². The summed E-state index contributed by atoms with van der Waals surface area (Å²) in [5, 5.41) is 3.65. The van der Waals surface area contributed by atoms with Gasteiger partial charge in [-0.05, 0) is 41.5 Å². The first kappa shape index (κ1) is 12.6. The maximum atomic E-state index is 3.65. The number of fused-ring (bicyclic) bond motifs is 1. The zero-order chi connectivity index (χ0) is 12.5. The van der Waals surface area contributed by atoms with Crippen molar-refractivity contribution in [3.63, 3.8) is 0 Å². The van der Waals surface area contributed by atoms with Gasteiger partial charge in [-0.15, -0.1) is 0 Å². The molecule has 1 unspecified atom stereocenters. The van der Waals surface area contributed by atoms with Gasteiger partial charge in [-0.1, -0.05) is 52.3 Å². The fourth-order valence-electron chi connectivity index (χ4n) is 2.65. The molecule has 0 aliphatic carbocycles. The number of hydrogen-bond acceptors (Lipinski definition) is 1. The van der Waals surface area contributed by atoms with Gasteiger partial charge >= 0.3 is 0 Å². The summed E-state index contributed by atoms with van der Waals surface area (Å²) < 4.78 is 0. The van der Waals surface area contributed by atoms with Crippen LogP contribution in [0.1, 0.15) is 63.3 Å². The third-order valence-corrected chi connectivity index (χ3v) is 3.75. The first-order valence-corrected chi connectivity index (χ1v) is 6.89. The molecule has 0 saturated carbocycles. The third-order valence-electron chi connectivity index (χ3n) is 3.75. The van der Waals surface area contributed by atoms with Crippen molar-refractivity contribution in [2.45, 2.75) is 58.4 Å². The van der Waals surface area contributed by atoms with E-state index in [1.807, 2.05) is 0 Å². The first-order valence-electron chi connectivity index (χ1n) is 6.89. The largest absolute Gasteiger partial charge is 0.310 e. The normalized spacial score (nSPS) is 20.1. The summed E-state index contributed by atoms with van der Waals surface area (Å²) in [7, 11) is 0. The highest BCUT2D eigenvalue weighted by Gasteiger charge is 2.22. The van der Waals surface area contributed by atoms with Gasteiger partial charge in [0.1, 0.15) is 0 Å². The molecule has 1 aromatic carbocycles. The Morgan fingerprint density at radius 2 is 2.06 bits per heavy atom. The van der Waals surface area contributed by atoms with Gasteiger partial charge < -0.3 is 5.32 Å². The zero-order valence-corrected chi connectivity index (χ0v) is 11.6. The predicted octanol–water partition coefficient (Wildman–Crippen LogP) is 3.97. The van der Waals surface area contributed by atoms with Crippen LogP contribution in [-0.2, 0) is 11.8 Å². The molecule has 94 valence electrons. The second-order valence-corrected chi connectivity index (χ2v) is 6.21. The fourth-order valence-corrected chi connectivity index (χ4v) is 2.65.